The van der Waals surface area contributed by atoms with Crippen molar-refractivity contribution < 1.29 is 18.9 Å². The first kappa shape index (κ1) is 19.9. The number of nitro groups is 1. The van der Waals surface area contributed by atoms with Crippen LogP contribution in [0.2, 0.25) is 5.02 Å². The van der Waals surface area contributed by atoms with E-state index in [1.807, 2.05) is 0 Å². The first-order valence-electron chi connectivity index (χ1n) is 8.72. The summed E-state index contributed by atoms with van der Waals surface area (Å²) in [6.07, 6.45) is 1.50. The number of nitrogens with zero attached hydrogens (tertiary/aromatic N) is 2. The molecule has 1 aliphatic rings. The van der Waals surface area contributed by atoms with E-state index in [2.05, 4.69) is 0 Å². The van der Waals surface area contributed by atoms with Gasteiger partial charge in [-0.1, -0.05) is 17.7 Å². The zero-order valence-corrected chi connectivity index (χ0v) is 17.1. The molecule has 9 heteroatoms. The molecule has 0 saturated carbocycles. The molecule has 2 heterocycles. The number of hydrogen-bond donors (Lipinski definition) is 0. The van der Waals surface area contributed by atoms with Crippen molar-refractivity contribution in [2.45, 2.75) is 6.92 Å². The second-order valence-corrected chi connectivity index (χ2v) is 7.88. The number of non-ortho nitro benzene ring substituents is 1. The predicted molar refractivity (Wildman–Crippen MR) is 115 cm³/mol. The fourth-order valence-corrected chi connectivity index (χ4v) is 4.05. The summed E-state index contributed by atoms with van der Waals surface area (Å²) in [5.41, 5.74) is 1.78. The number of benzene rings is 2. The van der Waals surface area contributed by atoms with Gasteiger partial charge < -0.3 is 4.42 Å². The molecule has 0 N–H and O–H groups in total. The van der Waals surface area contributed by atoms with Gasteiger partial charge >= 0.3 is 0 Å². The topological polar surface area (TPSA) is 93.7 Å². The fraction of sp³-hybridized carbons (Fsp3) is 0.0476. The molecule has 0 bridgehead atoms. The summed E-state index contributed by atoms with van der Waals surface area (Å²) in [5, 5.41) is 10.9. The molecular formula is C21H13ClN2O5S. The number of furan rings is 1. The van der Waals surface area contributed by atoms with E-state index < -0.39 is 16.1 Å². The van der Waals surface area contributed by atoms with E-state index in [-0.39, 0.29) is 10.6 Å². The summed E-state index contributed by atoms with van der Waals surface area (Å²) in [6, 6.07) is 14.4. The van der Waals surface area contributed by atoms with Crippen molar-refractivity contribution in [3.8, 4) is 11.3 Å². The van der Waals surface area contributed by atoms with Gasteiger partial charge in [0.2, 0.25) is 0 Å². The van der Waals surface area contributed by atoms with Gasteiger partial charge in [-0.2, -0.15) is 0 Å². The van der Waals surface area contributed by atoms with Gasteiger partial charge in [-0.05, 0) is 60.6 Å². The Morgan fingerprint density at radius 3 is 2.63 bits per heavy atom. The van der Waals surface area contributed by atoms with Gasteiger partial charge in [-0.15, -0.1) is 0 Å². The van der Waals surface area contributed by atoms with Crippen molar-refractivity contribution in [2.24, 2.45) is 0 Å². The van der Waals surface area contributed by atoms with Crippen molar-refractivity contribution in [1.29, 1.82) is 0 Å². The van der Waals surface area contributed by atoms with Crippen LogP contribution in [0, 0.1) is 17.0 Å². The summed E-state index contributed by atoms with van der Waals surface area (Å²) in [5.74, 6) is 0.429. The monoisotopic (exact) mass is 440 g/mol. The van der Waals surface area contributed by atoms with Gasteiger partial charge in [0.15, 0.2) is 0 Å². The molecule has 1 saturated heterocycles. The lowest BCUT2D eigenvalue weighted by atomic mass is 10.1. The van der Waals surface area contributed by atoms with E-state index in [1.165, 1.54) is 18.2 Å². The van der Waals surface area contributed by atoms with Gasteiger partial charge in [0, 0.05) is 28.8 Å². The first-order chi connectivity index (χ1) is 14.3. The minimum absolute atomic E-state index is 0.00211. The summed E-state index contributed by atoms with van der Waals surface area (Å²) >= 11 is 6.77. The highest BCUT2D eigenvalue weighted by molar-refractivity contribution is 8.19. The standard InChI is InChI=1S/C21H13ClN2O5S/c1-12-9-15(24(27)28)5-7-17(12)18-8-6-16(29-18)11-19-20(25)23(21(26)30-19)14-4-2-3-13(22)10-14/h2-11H,1H3. The molecule has 1 aromatic heterocycles. The number of anilines is 1. The van der Waals surface area contributed by atoms with Crippen LogP contribution in [-0.2, 0) is 4.79 Å². The average Bonchev–Trinajstić information content (AvgIpc) is 3.26. The smallest absolute Gasteiger partial charge is 0.298 e. The first-order valence-corrected chi connectivity index (χ1v) is 9.92. The van der Waals surface area contributed by atoms with Crippen LogP contribution in [-0.4, -0.2) is 16.1 Å². The molecule has 0 atom stereocenters. The van der Waals surface area contributed by atoms with Gasteiger partial charge in [0.1, 0.15) is 11.5 Å². The van der Waals surface area contributed by atoms with Crippen LogP contribution < -0.4 is 4.90 Å². The Morgan fingerprint density at radius 1 is 1.13 bits per heavy atom. The number of nitro benzene ring substituents is 1. The molecule has 0 radical (unpaired) electrons. The molecule has 2 aromatic carbocycles. The van der Waals surface area contributed by atoms with E-state index >= 15 is 0 Å². The zero-order valence-electron chi connectivity index (χ0n) is 15.5. The van der Waals surface area contributed by atoms with Crippen molar-refractivity contribution in [2.75, 3.05) is 4.90 Å². The van der Waals surface area contributed by atoms with Gasteiger partial charge in [0.05, 0.1) is 15.5 Å². The third-order valence-electron chi connectivity index (χ3n) is 4.45. The molecule has 3 aromatic rings. The number of thioether (sulfide) groups is 1. The molecular weight excluding hydrogens is 428 g/mol. The Hall–Kier alpha value is -3.36. The van der Waals surface area contributed by atoms with Crippen LogP contribution in [0.4, 0.5) is 16.2 Å². The van der Waals surface area contributed by atoms with Gasteiger partial charge in [-0.25, -0.2) is 4.90 Å². The quantitative estimate of drug-likeness (QED) is 0.278. The summed E-state index contributed by atoms with van der Waals surface area (Å²) in [7, 11) is 0. The molecule has 0 unspecified atom stereocenters. The Kier molecular flexibility index (Phi) is 5.19. The van der Waals surface area contributed by atoms with Crippen molar-refractivity contribution in [1.82, 2.24) is 0 Å². The number of aryl methyl sites for hydroxylation is 1. The van der Waals surface area contributed by atoms with Crippen molar-refractivity contribution >= 4 is 52.0 Å². The van der Waals surface area contributed by atoms with E-state index in [1.54, 1.807) is 49.4 Å². The fourth-order valence-electron chi connectivity index (χ4n) is 3.05. The Balaban J connectivity index is 1.61. The average molecular weight is 441 g/mol. The Labute approximate surface area is 180 Å². The minimum Gasteiger partial charge on any atom is -0.457 e. The summed E-state index contributed by atoms with van der Waals surface area (Å²) in [6.45, 7) is 1.75. The van der Waals surface area contributed by atoms with Crippen LogP contribution >= 0.6 is 23.4 Å². The highest BCUT2D eigenvalue weighted by atomic mass is 35.5. The second-order valence-electron chi connectivity index (χ2n) is 6.46. The highest BCUT2D eigenvalue weighted by Crippen LogP contribution is 2.37. The Bertz CT molecular complexity index is 1230. The number of rotatable bonds is 4. The van der Waals surface area contributed by atoms with E-state index in [9.17, 15) is 19.7 Å². The minimum atomic E-state index is -0.461. The largest absolute Gasteiger partial charge is 0.457 e. The van der Waals surface area contributed by atoms with Gasteiger partial charge in [0.25, 0.3) is 16.8 Å². The predicted octanol–water partition coefficient (Wildman–Crippen LogP) is 6.06. The third kappa shape index (κ3) is 3.74. The van der Waals surface area contributed by atoms with E-state index in [4.69, 9.17) is 16.0 Å². The van der Waals surface area contributed by atoms with Crippen LogP contribution in [0.15, 0.2) is 63.9 Å². The Morgan fingerprint density at radius 2 is 1.93 bits per heavy atom. The molecule has 7 nitrogen and oxygen atoms in total. The SMILES string of the molecule is Cc1cc([N+](=O)[O-])ccc1-c1ccc(C=C2SC(=O)N(c3cccc(Cl)c3)C2=O)o1. The number of imide groups is 1. The highest BCUT2D eigenvalue weighted by Gasteiger charge is 2.36. The molecule has 4 rings (SSSR count). The van der Waals surface area contributed by atoms with Crippen LogP contribution in [0.25, 0.3) is 17.4 Å². The lowest BCUT2D eigenvalue weighted by Gasteiger charge is -2.12. The van der Waals surface area contributed by atoms with Gasteiger partial charge in [-0.3, -0.25) is 19.7 Å². The van der Waals surface area contributed by atoms with Crippen LogP contribution in [0.3, 0.4) is 0 Å². The van der Waals surface area contributed by atoms with Crippen LogP contribution in [0.1, 0.15) is 11.3 Å². The lowest BCUT2D eigenvalue weighted by Crippen LogP contribution is -2.27. The maximum Gasteiger partial charge on any atom is 0.298 e. The van der Waals surface area contributed by atoms with Crippen LogP contribution in [0.5, 0.6) is 0 Å². The molecule has 1 aliphatic heterocycles. The van der Waals surface area contributed by atoms with Crippen molar-refractivity contribution in [3.05, 3.63) is 86.0 Å². The normalized spacial score (nSPS) is 15.3. The third-order valence-corrected chi connectivity index (χ3v) is 5.55. The van der Waals surface area contributed by atoms with E-state index in [0.717, 1.165) is 16.7 Å². The summed E-state index contributed by atoms with van der Waals surface area (Å²) < 4.78 is 5.79. The molecule has 150 valence electrons. The second kappa shape index (κ2) is 7.81. The molecule has 1 fully saturated rings. The summed E-state index contributed by atoms with van der Waals surface area (Å²) in [4.78, 5) is 36.8. The number of halogens is 1. The number of carbonyl (C=O) groups is 2. The maximum absolute atomic E-state index is 12.7. The lowest BCUT2D eigenvalue weighted by molar-refractivity contribution is -0.384. The molecule has 2 amide bonds. The van der Waals surface area contributed by atoms with E-state index in [0.29, 0.717) is 33.4 Å². The maximum atomic E-state index is 12.7. The van der Waals surface area contributed by atoms with Crippen molar-refractivity contribution in [3.63, 3.8) is 0 Å². The molecule has 0 spiro atoms. The molecule has 0 aliphatic carbocycles. The number of amides is 2. The number of hydrogen-bond acceptors (Lipinski definition) is 6. The number of carbonyl (C=O) groups excluding carboxylic acids is 2. The zero-order chi connectivity index (χ0) is 21.4. The molecule has 30 heavy (non-hydrogen) atoms.